The summed E-state index contributed by atoms with van der Waals surface area (Å²) in [5.74, 6) is -1.61. The van der Waals surface area contributed by atoms with Gasteiger partial charge in [0.2, 0.25) is 0 Å². The minimum atomic E-state index is -0.805. The first-order valence-electron chi connectivity index (χ1n) is 14.5. The molecule has 47 heavy (non-hydrogen) atoms. The van der Waals surface area contributed by atoms with Gasteiger partial charge in [-0.2, -0.15) is 4.80 Å². The van der Waals surface area contributed by atoms with Gasteiger partial charge in [-0.15, -0.1) is 21.5 Å². The zero-order valence-corrected chi connectivity index (χ0v) is 26.2. The molecule has 240 valence electrons. The quantitative estimate of drug-likeness (QED) is 0.227. The number of rotatable bonds is 10. The van der Waals surface area contributed by atoms with E-state index in [9.17, 15) is 23.2 Å². The summed E-state index contributed by atoms with van der Waals surface area (Å²) < 4.78 is 32.2. The fraction of sp³-hybridized carbons (Fsp3) is 0.188. The maximum absolute atomic E-state index is 15.0. The monoisotopic (exact) mass is 657 g/mol. The van der Waals surface area contributed by atoms with Crippen molar-refractivity contribution in [3.63, 3.8) is 0 Å². The normalized spacial score (nSPS) is 11.3. The van der Waals surface area contributed by atoms with E-state index < -0.39 is 29.4 Å². The number of carbonyl (C=O) groups is 1. The molecule has 6 aromatic rings. The minimum absolute atomic E-state index is 0.253. The Labute approximate surface area is 270 Å². The molecule has 2 N–H and O–H groups in total. The van der Waals surface area contributed by atoms with Gasteiger partial charge in [-0.25, -0.2) is 22.9 Å². The lowest BCUT2D eigenvalue weighted by Crippen LogP contribution is -2.39. The van der Waals surface area contributed by atoms with Crippen molar-refractivity contribution in [2.24, 2.45) is 0 Å². The molecule has 0 bridgehead atoms. The molecule has 0 radical (unpaired) electrons. The van der Waals surface area contributed by atoms with Gasteiger partial charge in [-0.3, -0.25) is 9.36 Å². The Morgan fingerprint density at radius 3 is 2.34 bits per heavy atom. The first-order chi connectivity index (χ1) is 22.7. The summed E-state index contributed by atoms with van der Waals surface area (Å²) >= 11 is 1.19. The van der Waals surface area contributed by atoms with E-state index in [1.165, 1.54) is 40.1 Å². The van der Waals surface area contributed by atoms with E-state index in [4.69, 9.17) is 0 Å². The van der Waals surface area contributed by atoms with Crippen LogP contribution in [0.25, 0.3) is 26.3 Å². The number of likely N-dealkylation sites (N-methyl/N-ethyl adjacent to an activating group) is 1. The molecule has 12 nitrogen and oxygen atoms in total. The van der Waals surface area contributed by atoms with Crippen LogP contribution in [-0.4, -0.2) is 60.9 Å². The highest BCUT2D eigenvalue weighted by molar-refractivity contribution is 7.22. The Bertz CT molecular complexity index is 2140. The average Bonchev–Trinajstić information content (AvgIpc) is 3.73. The molecule has 3 aromatic carbocycles. The molecule has 6 rings (SSSR count). The number of tetrazole rings is 1. The van der Waals surface area contributed by atoms with Crippen LogP contribution >= 0.6 is 11.3 Å². The molecular formula is C32H29F2N9O3S. The van der Waals surface area contributed by atoms with Crippen LogP contribution in [-0.2, 0) is 19.6 Å². The van der Waals surface area contributed by atoms with E-state index in [0.717, 1.165) is 22.3 Å². The zero-order valence-electron chi connectivity index (χ0n) is 25.4. The van der Waals surface area contributed by atoms with Crippen LogP contribution in [0.5, 0.6) is 0 Å². The Morgan fingerprint density at radius 1 is 0.957 bits per heavy atom. The van der Waals surface area contributed by atoms with Crippen LogP contribution in [0.15, 0.2) is 88.7 Å². The third-order valence-corrected chi connectivity index (χ3v) is 8.90. The van der Waals surface area contributed by atoms with Crippen molar-refractivity contribution >= 4 is 33.3 Å². The molecule has 2 amide bonds. The molecule has 0 aliphatic heterocycles. The highest BCUT2D eigenvalue weighted by Gasteiger charge is 2.25. The lowest BCUT2D eigenvalue weighted by atomic mass is 10.1. The molecular weight excluding hydrogens is 628 g/mol. The number of aromatic nitrogens is 6. The Kier molecular flexibility index (Phi) is 8.99. The summed E-state index contributed by atoms with van der Waals surface area (Å²) in [6, 6.07) is 18.6. The number of urea groups is 1. The van der Waals surface area contributed by atoms with Gasteiger partial charge in [0.1, 0.15) is 16.5 Å². The van der Waals surface area contributed by atoms with Crippen molar-refractivity contribution in [2.45, 2.75) is 19.6 Å². The number of halogens is 2. The molecule has 15 heteroatoms. The smallest absolute Gasteiger partial charge is 0.337 e. The highest BCUT2D eigenvalue weighted by Crippen LogP contribution is 2.38. The number of amides is 2. The van der Waals surface area contributed by atoms with Crippen LogP contribution in [0.3, 0.4) is 0 Å². The number of nitrogens with zero attached hydrogens (tertiary/aromatic N) is 7. The zero-order chi connectivity index (χ0) is 33.1. The van der Waals surface area contributed by atoms with Gasteiger partial charge in [0.15, 0.2) is 6.33 Å². The van der Waals surface area contributed by atoms with Crippen molar-refractivity contribution < 1.29 is 13.6 Å². The second-order valence-electron chi connectivity index (χ2n) is 10.7. The fourth-order valence-corrected chi connectivity index (χ4v) is 6.54. The maximum Gasteiger partial charge on any atom is 0.337 e. The minimum Gasteiger partial charge on any atom is -0.341 e. The lowest BCUT2D eigenvalue weighted by Gasteiger charge is -2.18. The number of hydrogen-bond acceptors (Lipinski definition) is 8. The topological polar surface area (TPSA) is 132 Å². The molecule has 0 saturated carbocycles. The average molecular weight is 658 g/mol. The van der Waals surface area contributed by atoms with Gasteiger partial charge < -0.3 is 15.5 Å². The van der Waals surface area contributed by atoms with Gasteiger partial charge >= 0.3 is 11.7 Å². The van der Waals surface area contributed by atoms with E-state index in [2.05, 4.69) is 26.0 Å². The first kappa shape index (κ1) is 31.4. The first-order valence-corrected chi connectivity index (χ1v) is 15.3. The fourth-order valence-electron chi connectivity index (χ4n) is 5.24. The van der Waals surface area contributed by atoms with Gasteiger partial charge in [-0.1, -0.05) is 36.4 Å². The summed E-state index contributed by atoms with van der Waals surface area (Å²) in [6.07, 6.45) is 1.34. The summed E-state index contributed by atoms with van der Waals surface area (Å²) in [5.41, 5.74) is 0.635. The van der Waals surface area contributed by atoms with Crippen LogP contribution in [0.2, 0.25) is 0 Å². The number of benzene rings is 3. The molecule has 0 atom stereocenters. The standard InChI is InChI=1S/C32H29F2N9O3S/c1-35-31(45)38-21-13-11-20(12-14-21)28-24(17-40(2)15-16-42-37-19-36-39-42)27-29(44)43(22-7-4-3-5-8-22)32(46)41(30(27)47-28)18-23-25(33)9-6-10-26(23)34/h3-14,19H,15-18H2,1-2H3,(H2,35,38,45). The third-order valence-electron chi connectivity index (χ3n) is 7.60. The van der Waals surface area contributed by atoms with Gasteiger partial charge in [0.25, 0.3) is 5.56 Å². The van der Waals surface area contributed by atoms with E-state index in [-0.39, 0.29) is 28.4 Å². The Hall–Kier alpha value is -5.54. The molecule has 0 aliphatic rings. The number of anilines is 1. The number of fused-ring (bicyclic) bond motifs is 1. The van der Waals surface area contributed by atoms with Crippen molar-refractivity contribution in [2.75, 3.05) is 26.0 Å². The van der Waals surface area contributed by atoms with E-state index >= 15 is 0 Å². The van der Waals surface area contributed by atoms with Crippen LogP contribution in [0.4, 0.5) is 19.3 Å². The predicted octanol–water partition coefficient (Wildman–Crippen LogP) is 4.08. The molecule has 0 unspecified atom stereocenters. The van der Waals surface area contributed by atoms with Crippen molar-refractivity contribution in [3.05, 3.63) is 123 Å². The van der Waals surface area contributed by atoms with Crippen molar-refractivity contribution in [1.29, 1.82) is 0 Å². The van der Waals surface area contributed by atoms with Crippen LogP contribution in [0.1, 0.15) is 11.1 Å². The molecule has 0 fully saturated rings. The maximum atomic E-state index is 15.0. The second kappa shape index (κ2) is 13.4. The summed E-state index contributed by atoms with van der Waals surface area (Å²) in [5, 5.41) is 17.2. The van der Waals surface area contributed by atoms with Gasteiger partial charge in [0, 0.05) is 36.3 Å². The lowest BCUT2D eigenvalue weighted by molar-refractivity contribution is 0.254. The molecule has 0 spiro atoms. The van der Waals surface area contributed by atoms with E-state index in [1.54, 1.807) is 54.6 Å². The Balaban J connectivity index is 1.58. The van der Waals surface area contributed by atoms with Gasteiger partial charge in [0.05, 0.1) is 24.2 Å². The van der Waals surface area contributed by atoms with Crippen molar-refractivity contribution in [1.82, 2.24) is 39.6 Å². The number of nitrogens with one attached hydrogen (secondary N) is 2. The van der Waals surface area contributed by atoms with E-state index in [0.29, 0.717) is 34.9 Å². The number of para-hydroxylation sites is 1. The second-order valence-corrected chi connectivity index (χ2v) is 11.7. The van der Waals surface area contributed by atoms with E-state index in [1.807, 2.05) is 11.9 Å². The molecule has 0 saturated heterocycles. The summed E-state index contributed by atoms with van der Waals surface area (Å²) in [7, 11) is 3.39. The number of hydrogen-bond donors (Lipinski definition) is 2. The van der Waals surface area contributed by atoms with Crippen LogP contribution in [0, 0.1) is 11.6 Å². The third kappa shape index (κ3) is 6.43. The highest BCUT2D eigenvalue weighted by atomic mass is 32.1. The summed E-state index contributed by atoms with van der Waals surface area (Å²) in [4.78, 5) is 44.8. The molecule has 3 aromatic heterocycles. The van der Waals surface area contributed by atoms with Gasteiger partial charge in [-0.05, 0) is 59.8 Å². The molecule has 0 aliphatic carbocycles. The van der Waals surface area contributed by atoms with Crippen molar-refractivity contribution in [3.8, 4) is 16.1 Å². The summed E-state index contributed by atoms with van der Waals surface area (Å²) in [6.45, 7) is 0.760. The predicted molar refractivity (Wildman–Crippen MR) is 175 cm³/mol. The SMILES string of the molecule is CNC(=O)Nc1ccc(-c2sc3c(c2CN(C)CCn2ncnn2)c(=O)n(-c2ccccc2)c(=O)n3Cc2c(F)cccc2F)cc1. The number of thiophene rings is 1. The number of carbonyl (C=O) groups excluding carboxylic acids is 1. The Morgan fingerprint density at radius 2 is 1.68 bits per heavy atom. The van der Waals surface area contributed by atoms with Crippen LogP contribution < -0.4 is 21.9 Å². The molecule has 3 heterocycles. The largest absolute Gasteiger partial charge is 0.341 e.